The van der Waals surface area contributed by atoms with Crippen LogP contribution in [-0.2, 0) is 19.2 Å². The molecule has 0 saturated carbocycles. The Morgan fingerprint density at radius 2 is 0.966 bits per heavy atom. The summed E-state index contributed by atoms with van der Waals surface area (Å²) in [6.07, 6.45) is 0.102. The second-order valence-corrected chi connectivity index (χ2v) is 9.30. The molecule has 0 rings (SSSR count). The van der Waals surface area contributed by atoms with Crippen molar-refractivity contribution in [2.45, 2.75) is 86.3 Å². The molecule has 0 saturated heterocycles. The monoisotopic (exact) mass is 526 g/mol. The second kappa shape index (κ2) is 17.5. The van der Waals surface area contributed by atoms with E-state index in [2.05, 4.69) is 9.88 Å². The average molecular weight is 525 g/mol. The SMILES string of the molecule is CCCCC(O)(CC(=O)[O-])C(=O)[O-].CCCCC(O)(CC(=O)[O-])C(=O)[O-].[CH3][Sn+4][CH3]. The van der Waals surface area contributed by atoms with Gasteiger partial charge in [0.05, 0.1) is 11.9 Å². The summed E-state index contributed by atoms with van der Waals surface area (Å²) in [6, 6.07) is 0. The first-order valence-electron chi connectivity index (χ1n) is 9.12. The van der Waals surface area contributed by atoms with Crippen LogP contribution < -0.4 is 20.4 Å². The molecule has 0 heterocycles. The second-order valence-electron chi connectivity index (χ2n) is 6.44. The summed E-state index contributed by atoms with van der Waals surface area (Å²) >= 11 is 0.230. The van der Waals surface area contributed by atoms with E-state index >= 15 is 0 Å². The Labute approximate surface area is 181 Å². The van der Waals surface area contributed by atoms with Gasteiger partial charge in [-0.05, 0) is 12.8 Å². The average Bonchev–Trinajstić information content (AvgIpc) is 2.58. The summed E-state index contributed by atoms with van der Waals surface area (Å²) < 4.78 is 0. The third-order valence-electron chi connectivity index (χ3n) is 3.52. The van der Waals surface area contributed by atoms with Gasteiger partial charge in [0.1, 0.15) is 11.2 Å². The number of aliphatic hydroxyl groups is 2. The first kappa shape index (κ1) is 32.3. The molecule has 0 amide bonds. The Balaban J connectivity index is -0.000000410. The van der Waals surface area contributed by atoms with E-state index in [0.717, 1.165) is 0 Å². The molecule has 11 heteroatoms. The van der Waals surface area contributed by atoms with Crippen LogP contribution in [0.4, 0.5) is 0 Å². The molecule has 0 spiro atoms. The van der Waals surface area contributed by atoms with E-state index in [4.69, 9.17) is 0 Å². The maximum absolute atomic E-state index is 10.4. The molecule has 10 nitrogen and oxygen atoms in total. The van der Waals surface area contributed by atoms with Crippen LogP contribution in [0, 0.1) is 0 Å². The van der Waals surface area contributed by atoms with Crippen LogP contribution >= 0.6 is 0 Å². The van der Waals surface area contributed by atoms with Crippen molar-refractivity contribution in [1.82, 2.24) is 0 Å². The van der Waals surface area contributed by atoms with E-state index in [1.165, 1.54) is 0 Å². The predicted octanol–water partition coefficient (Wildman–Crippen LogP) is -3.62. The fraction of sp³-hybridized carbons (Fsp3) is 0.778. The molecule has 166 valence electrons. The van der Waals surface area contributed by atoms with Gasteiger partial charge >= 0.3 is 31.0 Å². The molecule has 0 aromatic carbocycles. The molecule has 0 fully saturated rings. The van der Waals surface area contributed by atoms with Crippen LogP contribution in [0.3, 0.4) is 0 Å². The molecule has 0 aromatic rings. The minimum absolute atomic E-state index is 0.125. The zero-order valence-corrected chi connectivity index (χ0v) is 20.2. The Morgan fingerprint density at radius 1 is 0.724 bits per heavy atom. The Bertz CT molecular complexity index is 467. The molecule has 0 aliphatic carbocycles. The quantitative estimate of drug-likeness (QED) is 0.240. The van der Waals surface area contributed by atoms with Crippen LogP contribution in [0.25, 0.3) is 0 Å². The zero-order chi connectivity index (χ0) is 23.7. The van der Waals surface area contributed by atoms with E-state index in [1.807, 2.05) is 0 Å². The van der Waals surface area contributed by atoms with Crippen molar-refractivity contribution in [3.05, 3.63) is 0 Å². The van der Waals surface area contributed by atoms with Gasteiger partial charge in [0.2, 0.25) is 0 Å². The first-order valence-corrected chi connectivity index (χ1v) is 14.8. The summed E-state index contributed by atoms with van der Waals surface area (Å²) in [5.41, 5.74) is -4.57. The Kier molecular flexibility index (Phi) is 19.4. The standard InChI is InChI=1S/2C8H14O5.2CH3.Sn/c2*1-2-3-4-8(13,7(11)12)5-6(9)10;;;/h2*13H,2-5H2,1H3,(H,9,10)(H,11,12);2*1H3;/q;;;;+4/p-4. The van der Waals surface area contributed by atoms with Gasteiger partial charge in [0.25, 0.3) is 0 Å². The molecule has 6 radical (unpaired) electrons. The fourth-order valence-electron chi connectivity index (χ4n) is 1.94. The molecule has 0 aromatic heterocycles. The van der Waals surface area contributed by atoms with Gasteiger partial charge in [-0.15, -0.1) is 0 Å². The Morgan fingerprint density at radius 3 is 1.10 bits per heavy atom. The Hall–Kier alpha value is -1.40. The van der Waals surface area contributed by atoms with Gasteiger partial charge in [-0.1, -0.05) is 39.5 Å². The molecule has 0 aliphatic heterocycles. The first-order chi connectivity index (χ1) is 13.3. The number of carbonyl (C=O) groups is 4. The van der Waals surface area contributed by atoms with Gasteiger partial charge in [-0.3, -0.25) is 0 Å². The van der Waals surface area contributed by atoms with E-state index < -0.39 is 47.9 Å². The zero-order valence-electron chi connectivity index (χ0n) is 17.3. The number of rotatable bonds is 12. The number of carboxylic acids is 4. The van der Waals surface area contributed by atoms with Crippen LogP contribution in [0.15, 0.2) is 0 Å². The summed E-state index contributed by atoms with van der Waals surface area (Å²) in [7, 11) is 0. The third kappa shape index (κ3) is 17.2. The molecular weight excluding hydrogens is 495 g/mol. The number of hydrogen-bond acceptors (Lipinski definition) is 10. The van der Waals surface area contributed by atoms with Crippen molar-refractivity contribution < 1.29 is 49.8 Å². The third-order valence-corrected chi connectivity index (χ3v) is 3.52. The van der Waals surface area contributed by atoms with Crippen molar-refractivity contribution in [2.75, 3.05) is 0 Å². The molecule has 29 heavy (non-hydrogen) atoms. The fourth-order valence-corrected chi connectivity index (χ4v) is 1.94. The van der Waals surface area contributed by atoms with Crippen molar-refractivity contribution in [1.29, 1.82) is 0 Å². The van der Waals surface area contributed by atoms with Crippen LogP contribution in [0.1, 0.15) is 65.2 Å². The topological polar surface area (TPSA) is 201 Å². The van der Waals surface area contributed by atoms with E-state index in [1.54, 1.807) is 13.8 Å². The van der Waals surface area contributed by atoms with Crippen molar-refractivity contribution in [2.24, 2.45) is 0 Å². The normalized spacial score (nSPS) is 14.0. The maximum atomic E-state index is 10.4. The van der Waals surface area contributed by atoms with E-state index in [9.17, 15) is 49.8 Å². The molecule has 2 unspecified atom stereocenters. The number of carbonyl (C=O) groups excluding carboxylic acids is 4. The van der Waals surface area contributed by atoms with Crippen molar-refractivity contribution in [3.63, 3.8) is 0 Å². The van der Waals surface area contributed by atoms with Gasteiger partial charge in [0, 0.05) is 24.8 Å². The molecule has 2 N–H and O–H groups in total. The minimum atomic E-state index is -2.28. The number of carboxylic acid groups (broad SMARTS) is 4. The van der Waals surface area contributed by atoms with Crippen LogP contribution in [0.5, 0.6) is 0 Å². The number of unbranched alkanes of at least 4 members (excludes halogenated alkanes) is 2. The number of aliphatic carboxylic acids is 4. The van der Waals surface area contributed by atoms with Gasteiger partial charge in [-0.2, -0.15) is 0 Å². The van der Waals surface area contributed by atoms with Gasteiger partial charge in [-0.25, -0.2) is 0 Å². The van der Waals surface area contributed by atoms with Gasteiger partial charge in [0.15, 0.2) is 0 Å². The van der Waals surface area contributed by atoms with Crippen molar-refractivity contribution >= 4 is 45.0 Å². The predicted molar refractivity (Wildman–Crippen MR) is 95.7 cm³/mol. The van der Waals surface area contributed by atoms with E-state index in [-0.39, 0.29) is 34.0 Å². The number of hydrogen-bond donors (Lipinski definition) is 2. The summed E-state index contributed by atoms with van der Waals surface area (Å²) in [5.74, 6) is -6.71. The molecule has 0 bridgehead atoms. The van der Waals surface area contributed by atoms with Crippen LogP contribution in [-0.4, -0.2) is 66.4 Å². The van der Waals surface area contributed by atoms with Crippen molar-refractivity contribution in [3.8, 4) is 0 Å². The van der Waals surface area contributed by atoms with Crippen LogP contribution in [0.2, 0.25) is 9.88 Å². The summed E-state index contributed by atoms with van der Waals surface area (Å²) in [4.78, 5) is 45.7. The molecular formula is C18H30O10Sn. The summed E-state index contributed by atoms with van der Waals surface area (Å²) in [6.45, 7) is 3.60. The molecule has 0 aliphatic rings. The van der Waals surface area contributed by atoms with Gasteiger partial charge < -0.3 is 49.8 Å². The molecule has 2 atom stereocenters. The summed E-state index contributed by atoms with van der Waals surface area (Å²) in [5, 5.41) is 59.7. The van der Waals surface area contributed by atoms with E-state index in [0.29, 0.717) is 25.7 Å².